The Morgan fingerprint density at radius 3 is 2.69 bits per heavy atom. The summed E-state index contributed by atoms with van der Waals surface area (Å²) < 4.78 is 1.20. The summed E-state index contributed by atoms with van der Waals surface area (Å²) in [6.07, 6.45) is 1.01. The van der Waals surface area contributed by atoms with E-state index in [1.54, 1.807) is 0 Å². The predicted octanol–water partition coefficient (Wildman–Crippen LogP) is 3.97. The quantitative estimate of drug-likeness (QED) is 0.766. The molecule has 1 nitrogen and oxygen atoms in total. The fourth-order valence-corrected chi connectivity index (χ4v) is 2.75. The Balaban J connectivity index is 2.12. The summed E-state index contributed by atoms with van der Waals surface area (Å²) in [5, 5.41) is 3.49. The Labute approximate surface area is 104 Å². The molecule has 2 aromatic carbocycles. The van der Waals surface area contributed by atoms with Crippen LogP contribution in [0, 0.1) is 0 Å². The normalized spacial score (nSPS) is 13.3. The fraction of sp³-hybridized carbons (Fsp3) is 0.143. The molecule has 0 aromatic heterocycles. The van der Waals surface area contributed by atoms with Gasteiger partial charge in [-0.1, -0.05) is 46.3 Å². The first-order valence-corrected chi connectivity index (χ1v) is 6.22. The lowest BCUT2D eigenvalue weighted by molar-refractivity contribution is 1.11. The van der Waals surface area contributed by atoms with Crippen LogP contribution in [-0.4, -0.2) is 0 Å². The zero-order valence-corrected chi connectivity index (χ0v) is 10.4. The number of anilines is 1. The van der Waals surface area contributed by atoms with Gasteiger partial charge in [0, 0.05) is 16.7 Å². The second-order valence-electron chi connectivity index (χ2n) is 4.06. The molecule has 3 rings (SSSR count). The zero-order chi connectivity index (χ0) is 11.0. The van der Waals surface area contributed by atoms with Crippen LogP contribution < -0.4 is 5.32 Å². The SMILES string of the molecule is Brc1cccc2c1CNc1ccccc1C2. The van der Waals surface area contributed by atoms with Crippen molar-refractivity contribution < 1.29 is 0 Å². The molecule has 0 amide bonds. The van der Waals surface area contributed by atoms with E-state index < -0.39 is 0 Å². The molecule has 0 bridgehead atoms. The third-order valence-corrected chi connectivity index (χ3v) is 3.81. The first-order valence-electron chi connectivity index (χ1n) is 5.42. The smallest absolute Gasteiger partial charge is 0.0414 e. The Morgan fingerprint density at radius 2 is 1.75 bits per heavy atom. The summed E-state index contributed by atoms with van der Waals surface area (Å²) in [6.45, 7) is 0.897. The maximum Gasteiger partial charge on any atom is 0.0414 e. The molecule has 0 saturated carbocycles. The number of benzene rings is 2. The molecule has 1 aliphatic heterocycles. The van der Waals surface area contributed by atoms with E-state index in [0.717, 1.165) is 13.0 Å². The molecule has 0 unspecified atom stereocenters. The van der Waals surface area contributed by atoms with Crippen LogP contribution in [0.4, 0.5) is 5.69 Å². The van der Waals surface area contributed by atoms with Crippen LogP contribution in [0.3, 0.4) is 0 Å². The van der Waals surface area contributed by atoms with E-state index in [0.29, 0.717) is 0 Å². The van der Waals surface area contributed by atoms with Crippen molar-refractivity contribution in [2.45, 2.75) is 13.0 Å². The molecule has 0 saturated heterocycles. The van der Waals surface area contributed by atoms with Crippen molar-refractivity contribution in [3.8, 4) is 0 Å². The predicted molar refractivity (Wildman–Crippen MR) is 70.7 cm³/mol. The van der Waals surface area contributed by atoms with Crippen molar-refractivity contribution in [2.24, 2.45) is 0 Å². The first kappa shape index (κ1) is 9.91. The van der Waals surface area contributed by atoms with Gasteiger partial charge in [-0.25, -0.2) is 0 Å². The van der Waals surface area contributed by atoms with E-state index in [2.05, 4.69) is 63.7 Å². The first-order chi connectivity index (χ1) is 7.84. The number of rotatable bonds is 0. The lowest BCUT2D eigenvalue weighted by Crippen LogP contribution is -1.99. The topological polar surface area (TPSA) is 12.0 Å². The minimum absolute atomic E-state index is 0.897. The van der Waals surface area contributed by atoms with Gasteiger partial charge in [-0.05, 0) is 35.2 Å². The van der Waals surface area contributed by atoms with E-state index in [9.17, 15) is 0 Å². The summed E-state index contributed by atoms with van der Waals surface area (Å²) in [6, 6.07) is 14.9. The van der Waals surface area contributed by atoms with Crippen molar-refractivity contribution in [1.82, 2.24) is 0 Å². The van der Waals surface area contributed by atoms with Gasteiger partial charge in [-0.15, -0.1) is 0 Å². The third kappa shape index (κ3) is 1.63. The summed E-state index contributed by atoms with van der Waals surface area (Å²) in [5.41, 5.74) is 5.41. The monoisotopic (exact) mass is 273 g/mol. The Morgan fingerprint density at radius 1 is 0.938 bits per heavy atom. The summed E-state index contributed by atoms with van der Waals surface area (Å²) >= 11 is 3.62. The second kappa shape index (κ2) is 3.95. The standard InChI is InChI=1S/C14H12BrN/c15-13-6-3-5-10-8-11-4-1-2-7-14(11)16-9-12(10)13/h1-7,16H,8-9H2. The summed E-state index contributed by atoms with van der Waals surface area (Å²) in [7, 11) is 0. The number of fused-ring (bicyclic) bond motifs is 2. The van der Waals surface area contributed by atoms with Crippen molar-refractivity contribution in [3.63, 3.8) is 0 Å². The van der Waals surface area contributed by atoms with Gasteiger partial charge in [-0.2, -0.15) is 0 Å². The van der Waals surface area contributed by atoms with Crippen molar-refractivity contribution in [2.75, 3.05) is 5.32 Å². The van der Waals surface area contributed by atoms with Gasteiger partial charge in [0.15, 0.2) is 0 Å². The number of hydrogen-bond acceptors (Lipinski definition) is 1. The van der Waals surface area contributed by atoms with Crippen molar-refractivity contribution in [1.29, 1.82) is 0 Å². The van der Waals surface area contributed by atoms with E-state index in [-0.39, 0.29) is 0 Å². The molecule has 0 aliphatic carbocycles. The third-order valence-electron chi connectivity index (χ3n) is 3.07. The van der Waals surface area contributed by atoms with E-state index in [1.807, 2.05) is 0 Å². The van der Waals surface area contributed by atoms with Crippen molar-refractivity contribution >= 4 is 21.6 Å². The highest BCUT2D eigenvalue weighted by molar-refractivity contribution is 9.10. The second-order valence-corrected chi connectivity index (χ2v) is 4.92. The highest BCUT2D eigenvalue weighted by atomic mass is 79.9. The van der Waals surface area contributed by atoms with E-state index >= 15 is 0 Å². The van der Waals surface area contributed by atoms with Crippen LogP contribution in [0.2, 0.25) is 0 Å². The average Bonchev–Trinajstić information content (AvgIpc) is 2.48. The Bertz CT molecular complexity index is 534. The van der Waals surface area contributed by atoms with Crippen LogP contribution in [0.25, 0.3) is 0 Å². The Kier molecular flexibility index (Phi) is 2.44. The minimum Gasteiger partial charge on any atom is -0.381 e. The highest BCUT2D eigenvalue weighted by Crippen LogP contribution is 2.29. The molecule has 0 atom stereocenters. The zero-order valence-electron chi connectivity index (χ0n) is 8.83. The van der Waals surface area contributed by atoms with Crippen molar-refractivity contribution in [3.05, 3.63) is 63.6 Å². The summed E-state index contributed by atoms with van der Waals surface area (Å²) in [4.78, 5) is 0. The van der Waals surface area contributed by atoms with Crippen LogP contribution >= 0.6 is 15.9 Å². The maximum absolute atomic E-state index is 3.62. The molecule has 16 heavy (non-hydrogen) atoms. The molecule has 1 N–H and O–H groups in total. The number of nitrogens with one attached hydrogen (secondary N) is 1. The molecular weight excluding hydrogens is 262 g/mol. The Hall–Kier alpha value is -1.28. The van der Waals surface area contributed by atoms with Gasteiger partial charge < -0.3 is 5.32 Å². The van der Waals surface area contributed by atoms with E-state index in [4.69, 9.17) is 0 Å². The molecule has 0 spiro atoms. The number of para-hydroxylation sites is 1. The van der Waals surface area contributed by atoms with Gasteiger partial charge in [0.2, 0.25) is 0 Å². The molecular formula is C14H12BrN. The van der Waals surface area contributed by atoms with Gasteiger partial charge in [0.05, 0.1) is 0 Å². The van der Waals surface area contributed by atoms with Gasteiger partial charge >= 0.3 is 0 Å². The van der Waals surface area contributed by atoms with Gasteiger partial charge in [0.1, 0.15) is 0 Å². The molecule has 0 radical (unpaired) electrons. The number of hydrogen-bond donors (Lipinski definition) is 1. The summed E-state index contributed by atoms with van der Waals surface area (Å²) in [5.74, 6) is 0. The lowest BCUT2D eigenvalue weighted by atomic mass is 10.0. The number of halogens is 1. The molecule has 0 fully saturated rings. The molecule has 2 aromatic rings. The van der Waals surface area contributed by atoms with E-state index in [1.165, 1.54) is 26.9 Å². The lowest BCUT2D eigenvalue weighted by Gasteiger charge is -2.07. The fourth-order valence-electron chi connectivity index (χ4n) is 2.20. The van der Waals surface area contributed by atoms with Gasteiger partial charge in [0.25, 0.3) is 0 Å². The van der Waals surface area contributed by atoms with Gasteiger partial charge in [-0.3, -0.25) is 0 Å². The minimum atomic E-state index is 0.897. The molecule has 2 heteroatoms. The molecule has 1 aliphatic rings. The average molecular weight is 274 g/mol. The maximum atomic E-state index is 3.62. The van der Waals surface area contributed by atoms with Crippen LogP contribution in [0.1, 0.15) is 16.7 Å². The van der Waals surface area contributed by atoms with Crippen LogP contribution in [-0.2, 0) is 13.0 Å². The molecule has 1 heterocycles. The highest BCUT2D eigenvalue weighted by Gasteiger charge is 2.13. The van der Waals surface area contributed by atoms with Crippen LogP contribution in [0.15, 0.2) is 46.9 Å². The largest absolute Gasteiger partial charge is 0.381 e. The molecule has 80 valence electrons. The van der Waals surface area contributed by atoms with Crippen LogP contribution in [0.5, 0.6) is 0 Å².